The van der Waals surface area contributed by atoms with Gasteiger partial charge >= 0.3 is 0 Å². The average molecular weight is 371 g/mol. The molecule has 5 nitrogen and oxygen atoms in total. The van der Waals surface area contributed by atoms with Crippen molar-refractivity contribution in [2.45, 2.75) is 32.0 Å². The highest BCUT2D eigenvalue weighted by atomic mass is 16.5. The third-order valence-electron chi connectivity index (χ3n) is 4.95. The standard InChI is InChI=1S/C22H29NO4/c1-24-20-11-5-4-8-17(20)14-23(16-19-10-7-13-27-19)15-18-9-6-12-21(25-2)22(18)26-3/h4-6,8-9,11-12,19H,7,10,13-16H2,1-3H3. The molecule has 0 aliphatic carbocycles. The van der Waals surface area contributed by atoms with E-state index in [1.54, 1.807) is 21.3 Å². The zero-order valence-electron chi connectivity index (χ0n) is 16.4. The lowest BCUT2D eigenvalue weighted by Gasteiger charge is -2.27. The molecule has 1 aliphatic rings. The summed E-state index contributed by atoms with van der Waals surface area (Å²) < 4.78 is 22.5. The average Bonchev–Trinajstić information content (AvgIpc) is 3.21. The molecule has 146 valence electrons. The minimum Gasteiger partial charge on any atom is -0.496 e. The molecule has 27 heavy (non-hydrogen) atoms. The van der Waals surface area contributed by atoms with E-state index in [1.165, 1.54) is 5.56 Å². The van der Waals surface area contributed by atoms with Crippen LogP contribution in [0.4, 0.5) is 0 Å². The molecule has 1 unspecified atom stereocenters. The van der Waals surface area contributed by atoms with Gasteiger partial charge in [0, 0.05) is 37.4 Å². The van der Waals surface area contributed by atoms with Gasteiger partial charge in [0.25, 0.3) is 0 Å². The Labute approximate surface area is 161 Å². The fourth-order valence-electron chi connectivity index (χ4n) is 3.65. The molecule has 1 atom stereocenters. The van der Waals surface area contributed by atoms with Crippen LogP contribution in [0.5, 0.6) is 17.2 Å². The molecule has 2 aromatic carbocycles. The molecule has 0 radical (unpaired) electrons. The van der Waals surface area contributed by atoms with Gasteiger partial charge < -0.3 is 18.9 Å². The Bertz CT molecular complexity index is 728. The van der Waals surface area contributed by atoms with Crippen LogP contribution in [0.3, 0.4) is 0 Å². The summed E-state index contributed by atoms with van der Waals surface area (Å²) in [6, 6.07) is 14.2. The lowest BCUT2D eigenvalue weighted by molar-refractivity contribution is 0.0673. The Morgan fingerprint density at radius 3 is 2.30 bits per heavy atom. The summed E-state index contributed by atoms with van der Waals surface area (Å²) in [7, 11) is 5.07. The molecule has 1 fully saturated rings. The van der Waals surface area contributed by atoms with Crippen LogP contribution < -0.4 is 14.2 Å². The summed E-state index contributed by atoms with van der Waals surface area (Å²) in [6.07, 6.45) is 2.52. The van der Waals surface area contributed by atoms with Crippen LogP contribution in [0.1, 0.15) is 24.0 Å². The fraction of sp³-hybridized carbons (Fsp3) is 0.455. The van der Waals surface area contributed by atoms with Gasteiger partial charge in [-0.15, -0.1) is 0 Å². The van der Waals surface area contributed by atoms with Crippen molar-refractivity contribution < 1.29 is 18.9 Å². The topological polar surface area (TPSA) is 40.2 Å². The van der Waals surface area contributed by atoms with E-state index in [2.05, 4.69) is 17.0 Å². The van der Waals surface area contributed by atoms with Crippen LogP contribution in [-0.2, 0) is 17.8 Å². The number of hydrogen-bond donors (Lipinski definition) is 0. The molecule has 0 aromatic heterocycles. The largest absolute Gasteiger partial charge is 0.496 e. The molecular formula is C22H29NO4. The summed E-state index contributed by atoms with van der Waals surface area (Å²) in [4.78, 5) is 2.39. The Hall–Kier alpha value is -2.24. The number of nitrogens with zero attached hydrogens (tertiary/aromatic N) is 1. The number of benzene rings is 2. The van der Waals surface area contributed by atoms with Gasteiger partial charge in [-0.1, -0.05) is 30.3 Å². The van der Waals surface area contributed by atoms with E-state index in [0.717, 1.165) is 61.9 Å². The first-order valence-corrected chi connectivity index (χ1v) is 9.41. The van der Waals surface area contributed by atoms with E-state index in [9.17, 15) is 0 Å². The maximum atomic E-state index is 5.89. The highest BCUT2D eigenvalue weighted by molar-refractivity contribution is 5.46. The van der Waals surface area contributed by atoms with Crippen molar-refractivity contribution in [3.8, 4) is 17.2 Å². The van der Waals surface area contributed by atoms with Gasteiger partial charge in [-0.3, -0.25) is 4.90 Å². The van der Waals surface area contributed by atoms with Crippen molar-refractivity contribution in [2.75, 3.05) is 34.5 Å². The second-order valence-electron chi connectivity index (χ2n) is 6.77. The SMILES string of the molecule is COc1ccccc1CN(Cc1cccc(OC)c1OC)CC1CCCO1. The Kier molecular flexibility index (Phi) is 6.96. The van der Waals surface area contributed by atoms with Crippen molar-refractivity contribution in [3.63, 3.8) is 0 Å². The zero-order valence-corrected chi connectivity index (χ0v) is 16.4. The smallest absolute Gasteiger partial charge is 0.165 e. The monoisotopic (exact) mass is 371 g/mol. The van der Waals surface area contributed by atoms with Gasteiger partial charge in [0.1, 0.15) is 5.75 Å². The first-order valence-electron chi connectivity index (χ1n) is 9.41. The maximum Gasteiger partial charge on any atom is 0.165 e. The van der Waals surface area contributed by atoms with Gasteiger partial charge in [0.05, 0.1) is 27.4 Å². The van der Waals surface area contributed by atoms with Crippen LogP contribution in [0.15, 0.2) is 42.5 Å². The van der Waals surface area contributed by atoms with Gasteiger partial charge in [-0.2, -0.15) is 0 Å². The van der Waals surface area contributed by atoms with Gasteiger partial charge in [-0.25, -0.2) is 0 Å². The van der Waals surface area contributed by atoms with E-state index < -0.39 is 0 Å². The van der Waals surface area contributed by atoms with Crippen LogP contribution >= 0.6 is 0 Å². The molecule has 1 heterocycles. The summed E-state index contributed by atoms with van der Waals surface area (Å²) in [5, 5.41) is 0. The van der Waals surface area contributed by atoms with E-state index in [-0.39, 0.29) is 6.10 Å². The van der Waals surface area contributed by atoms with E-state index in [4.69, 9.17) is 18.9 Å². The molecule has 0 spiro atoms. The molecule has 1 saturated heterocycles. The quantitative estimate of drug-likeness (QED) is 0.669. The fourth-order valence-corrected chi connectivity index (χ4v) is 3.65. The molecule has 0 saturated carbocycles. The highest BCUT2D eigenvalue weighted by Gasteiger charge is 2.22. The second-order valence-corrected chi connectivity index (χ2v) is 6.77. The van der Waals surface area contributed by atoms with Crippen molar-refractivity contribution in [2.24, 2.45) is 0 Å². The predicted molar refractivity (Wildman–Crippen MR) is 106 cm³/mol. The molecule has 2 aromatic rings. The first-order chi connectivity index (χ1) is 13.2. The predicted octanol–water partition coefficient (Wildman–Crippen LogP) is 3.89. The molecular weight excluding hydrogens is 342 g/mol. The van der Waals surface area contributed by atoms with E-state index in [0.29, 0.717) is 0 Å². The van der Waals surface area contributed by atoms with Gasteiger partial charge in [0.15, 0.2) is 11.5 Å². The Morgan fingerprint density at radius 1 is 0.889 bits per heavy atom. The number of hydrogen-bond acceptors (Lipinski definition) is 5. The number of rotatable bonds is 9. The van der Waals surface area contributed by atoms with Gasteiger partial charge in [0.2, 0.25) is 0 Å². The minimum absolute atomic E-state index is 0.274. The molecule has 0 N–H and O–H groups in total. The van der Waals surface area contributed by atoms with Crippen LogP contribution in [-0.4, -0.2) is 45.5 Å². The maximum absolute atomic E-state index is 5.89. The number of ether oxygens (including phenoxy) is 4. The van der Waals surface area contributed by atoms with Crippen molar-refractivity contribution in [1.82, 2.24) is 4.90 Å². The van der Waals surface area contributed by atoms with E-state index in [1.807, 2.05) is 30.3 Å². The van der Waals surface area contributed by atoms with E-state index >= 15 is 0 Å². The van der Waals surface area contributed by atoms with Crippen molar-refractivity contribution >= 4 is 0 Å². The third-order valence-corrected chi connectivity index (χ3v) is 4.95. The van der Waals surface area contributed by atoms with Crippen LogP contribution in [0.2, 0.25) is 0 Å². The minimum atomic E-state index is 0.274. The Morgan fingerprint density at radius 2 is 1.59 bits per heavy atom. The molecule has 5 heteroatoms. The Balaban J connectivity index is 1.83. The molecule has 3 rings (SSSR count). The highest BCUT2D eigenvalue weighted by Crippen LogP contribution is 2.32. The lowest BCUT2D eigenvalue weighted by atomic mass is 10.1. The van der Waals surface area contributed by atoms with Crippen LogP contribution in [0, 0.1) is 0 Å². The molecule has 0 amide bonds. The summed E-state index contributed by atoms with van der Waals surface area (Å²) in [5.74, 6) is 2.45. The summed E-state index contributed by atoms with van der Waals surface area (Å²) in [5.41, 5.74) is 2.27. The lowest BCUT2D eigenvalue weighted by Crippen LogP contribution is -2.31. The number of methoxy groups -OCH3 is 3. The second kappa shape index (κ2) is 9.62. The van der Waals surface area contributed by atoms with Crippen molar-refractivity contribution in [3.05, 3.63) is 53.6 Å². The summed E-state index contributed by atoms with van der Waals surface area (Å²) in [6.45, 7) is 3.26. The third kappa shape index (κ3) is 4.93. The number of para-hydroxylation sites is 2. The normalized spacial score (nSPS) is 16.5. The van der Waals surface area contributed by atoms with Crippen LogP contribution in [0.25, 0.3) is 0 Å². The first kappa shape index (κ1) is 19.5. The zero-order chi connectivity index (χ0) is 19.1. The molecule has 1 aliphatic heterocycles. The van der Waals surface area contributed by atoms with Crippen molar-refractivity contribution in [1.29, 1.82) is 0 Å². The van der Waals surface area contributed by atoms with Gasteiger partial charge in [-0.05, 0) is 25.0 Å². The molecule has 0 bridgehead atoms. The summed E-state index contributed by atoms with van der Waals surface area (Å²) >= 11 is 0.